The van der Waals surface area contributed by atoms with Crippen LogP contribution in [0.4, 0.5) is 0 Å². The van der Waals surface area contributed by atoms with Gasteiger partial charge < -0.3 is 9.84 Å². The molecule has 3 rings (SSSR count). The zero-order valence-electron chi connectivity index (χ0n) is 12.6. The van der Waals surface area contributed by atoms with Gasteiger partial charge in [0.1, 0.15) is 0 Å². The quantitative estimate of drug-likeness (QED) is 0.762. The summed E-state index contributed by atoms with van der Waals surface area (Å²) in [5.41, 5.74) is 1.32. The van der Waals surface area contributed by atoms with Gasteiger partial charge in [0.25, 0.3) is 5.89 Å². The van der Waals surface area contributed by atoms with E-state index < -0.39 is 0 Å². The monoisotopic (exact) mass is 351 g/mol. The minimum atomic E-state index is 0.269. The van der Waals surface area contributed by atoms with Gasteiger partial charge >= 0.3 is 0 Å². The van der Waals surface area contributed by atoms with Crippen LogP contribution in [0.15, 0.2) is 35.0 Å². The fourth-order valence-electron chi connectivity index (χ4n) is 2.06. The molecule has 0 radical (unpaired) electrons. The van der Waals surface area contributed by atoms with E-state index in [-0.39, 0.29) is 6.04 Å². The summed E-state index contributed by atoms with van der Waals surface area (Å²) >= 11 is 12.1. The minimum Gasteiger partial charge on any atom is -0.332 e. The molecule has 3 aromatic rings. The zero-order chi connectivity index (χ0) is 16.4. The summed E-state index contributed by atoms with van der Waals surface area (Å²) in [6.07, 6.45) is 2.47. The van der Waals surface area contributed by atoms with Crippen molar-refractivity contribution in [2.24, 2.45) is 0 Å². The molecule has 0 spiro atoms. The lowest BCUT2D eigenvalue weighted by Crippen LogP contribution is -2.24. The Bertz CT molecular complexity index is 814. The first-order valence-corrected chi connectivity index (χ1v) is 7.83. The topological polar surface area (TPSA) is 68.8 Å². The lowest BCUT2D eigenvalue weighted by atomic mass is 10.2. The Labute approximate surface area is 143 Å². The first-order chi connectivity index (χ1) is 11.1. The van der Waals surface area contributed by atoms with E-state index in [1.807, 2.05) is 14.0 Å². The Kier molecular flexibility index (Phi) is 4.66. The van der Waals surface area contributed by atoms with Gasteiger partial charge in [-0.25, -0.2) is 4.68 Å². The predicted octanol–water partition coefficient (Wildman–Crippen LogP) is 3.38. The molecule has 0 aliphatic rings. The molecule has 0 amide bonds. The van der Waals surface area contributed by atoms with Crippen LogP contribution >= 0.6 is 23.2 Å². The third-order valence-electron chi connectivity index (χ3n) is 3.41. The van der Waals surface area contributed by atoms with Crippen LogP contribution in [0.3, 0.4) is 0 Å². The summed E-state index contributed by atoms with van der Waals surface area (Å²) in [6.45, 7) is 2.05. The van der Waals surface area contributed by atoms with Gasteiger partial charge in [-0.3, -0.25) is 0 Å². The van der Waals surface area contributed by atoms with Gasteiger partial charge in [-0.2, -0.15) is 10.1 Å². The van der Waals surface area contributed by atoms with Crippen molar-refractivity contribution in [1.29, 1.82) is 0 Å². The SMILES string of the molecule is CNC(C)Cc1noc(-c2ccn(-c3ccc(Cl)cc3Cl)n2)n1. The summed E-state index contributed by atoms with van der Waals surface area (Å²) in [4.78, 5) is 4.36. The van der Waals surface area contributed by atoms with E-state index in [1.165, 1.54) is 0 Å². The first-order valence-electron chi connectivity index (χ1n) is 7.08. The molecule has 1 unspecified atom stereocenters. The number of likely N-dealkylation sites (N-methyl/N-ethyl adjacent to an activating group) is 1. The standard InChI is InChI=1S/C15H15Cl2N5O/c1-9(18-2)7-14-19-15(23-21-14)12-5-6-22(20-12)13-4-3-10(16)8-11(13)17/h3-6,8-9,18H,7H2,1-2H3. The van der Waals surface area contributed by atoms with Crippen molar-refractivity contribution in [2.75, 3.05) is 7.05 Å². The lowest BCUT2D eigenvalue weighted by molar-refractivity contribution is 0.417. The Balaban J connectivity index is 1.84. The fraction of sp³-hybridized carbons (Fsp3) is 0.267. The van der Waals surface area contributed by atoms with Crippen LogP contribution in [0.1, 0.15) is 12.7 Å². The van der Waals surface area contributed by atoms with E-state index in [9.17, 15) is 0 Å². The number of nitrogens with zero attached hydrogens (tertiary/aromatic N) is 4. The predicted molar refractivity (Wildman–Crippen MR) is 89.1 cm³/mol. The summed E-state index contributed by atoms with van der Waals surface area (Å²) in [6, 6.07) is 7.29. The van der Waals surface area contributed by atoms with Crippen LogP contribution < -0.4 is 5.32 Å². The molecule has 0 saturated heterocycles. The van der Waals surface area contributed by atoms with Crippen molar-refractivity contribution in [3.05, 3.63) is 46.3 Å². The summed E-state index contributed by atoms with van der Waals surface area (Å²) in [5.74, 6) is 1.02. The Hall–Kier alpha value is -1.89. The van der Waals surface area contributed by atoms with Crippen LogP contribution in [0, 0.1) is 0 Å². The van der Waals surface area contributed by atoms with Gasteiger partial charge in [-0.15, -0.1) is 0 Å². The molecule has 0 aliphatic carbocycles. The maximum absolute atomic E-state index is 6.19. The highest BCUT2D eigenvalue weighted by atomic mass is 35.5. The van der Waals surface area contributed by atoms with Crippen LogP contribution in [0.5, 0.6) is 0 Å². The largest absolute Gasteiger partial charge is 0.332 e. The summed E-state index contributed by atoms with van der Waals surface area (Å²) in [5, 5.41) is 12.6. The van der Waals surface area contributed by atoms with Crippen molar-refractivity contribution in [1.82, 2.24) is 25.2 Å². The number of benzene rings is 1. The summed E-state index contributed by atoms with van der Waals surface area (Å²) in [7, 11) is 1.89. The summed E-state index contributed by atoms with van der Waals surface area (Å²) < 4.78 is 6.92. The number of rotatable bonds is 5. The third-order valence-corrected chi connectivity index (χ3v) is 3.95. The first kappa shape index (κ1) is 16.0. The maximum Gasteiger partial charge on any atom is 0.278 e. The molecule has 2 heterocycles. The van der Waals surface area contributed by atoms with Gasteiger partial charge in [-0.1, -0.05) is 28.4 Å². The van der Waals surface area contributed by atoms with Crippen LogP contribution in [0.2, 0.25) is 10.0 Å². The number of aromatic nitrogens is 4. The highest BCUT2D eigenvalue weighted by Crippen LogP contribution is 2.25. The molecule has 1 aromatic carbocycles. The van der Waals surface area contributed by atoms with E-state index in [0.29, 0.717) is 33.9 Å². The van der Waals surface area contributed by atoms with Crippen molar-refractivity contribution < 1.29 is 4.52 Å². The van der Waals surface area contributed by atoms with Crippen molar-refractivity contribution in [3.8, 4) is 17.3 Å². The van der Waals surface area contributed by atoms with Gasteiger partial charge in [0.15, 0.2) is 11.5 Å². The smallest absolute Gasteiger partial charge is 0.278 e. The molecular formula is C15H15Cl2N5O. The van der Waals surface area contributed by atoms with Crippen LogP contribution in [0.25, 0.3) is 17.3 Å². The van der Waals surface area contributed by atoms with Crippen LogP contribution in [-0.4, -0.2) is 33.0 Å². The number of nitrogens with one attached hydrogen (secondary N) is 1. The molecule has 1 atom stereocenters. The van der Waals surface area contributed by atoms with Crippen LogP contribution in [-0.2, 0) is 6.42 Å². The molecule has 23 heavy (non-hydrogen) atoms. The molecule has 120 valence electrons. The average Bonchev–Trinajstić information content (AvgIpc) is 3.16. The highest BCUT2D eigenvalue weighted by molar-refractivity contribution is 6.35. The van der Waals surface area contributed by atoms with Gasteiger partial charge in [-0.05, 0) is 38.2 Å². The Morgan fingerprint density at radius 1 is 1.30 bits per heavy atom. The van der Waals surface area contributed by atoms with Crippen molar-refractivity contribution in [2.45, 2.75) is 19.4 Å². The lowest BCUT2D eigenvalue weighted by Gasteiger charge is -2.04. The van der Waals surface area contributed by atoms with E-state index in [4.69, 9.17) is 27.7 Å². The number of hydrogen-bond acceptors (Lipinski definition) is 5. The second kappa shape index (κ2) is 6.70. The zero-order valence-corrected chi connectivity index (χ0v) is 14.1. The molecule has 6 nitrogen and oxygen atoms in total. The molecule has 0 saturated carbocycles. The maximum atomic E-state index is 6.19. The van der Waals surface area contributed by atoms with E-state index in [2.05, 4.69) is 20.6 Å². The molecule has 2 aromatic heterocycles. The average molecular weight is 352 g/mol. The number of hydrogen-bond donors (Lipinski definition) is 1. The molecular weight excluding hydrogens is 337 g/mol. The molecule has 0 fully saturated rings. The number of halogens is 2. The van der Waals surface area contributed by atoms with E-state index >= 15 is 0 Å². The van der Waals surface area contributed by atoms with Crippen molar-refractivity contribution in [3.63, 3.8) is 0 Å². The third kappa shape index (κ3) is 3.55. The molecule has 0 aliphatic heterocycles. The molecule has 0 bridgehead atoms. The Morgan fingerprint density at radius 2 is 2.13 bits per heavy atom. The van der Waals surface area contributed by atoms with E-state index in [1.54, 1.807) is 35.1 Å². The minimum absolute atomic E-state index is 0.269. The second-order valence-electron chi connectivity index (χ2n) is 5.15. The fourth-order valence-corrected chi connectivity index (χ4v) is 2.55. The highest BCUT2D eigenvalue weighted by Gasteiger charge is 2.14. The van der Waals surface area contributed by atoms with Gasteiger partial charge in [0.05, 0.1) is 10.7 Å². The van der Waals surface area contributed by atoms with E-state index in [0.717, 1.165) is 5.69 Å². The molecule has 1 N–H and O–H groups in total. The second-order valence-corrected chi connectivity index (χ2v) is 5.99. The van der Waals surface area contributed by atoms with Gasteiger partial charge in [0.2, 0.25) is 0 Å². The normalized spacial score (nSPS) is 12.5. The van der Waals surface area contributed by atoms with Gasteiger partial charge in [0, 0.05) is 23.7 Å². The van der Waals surface area contributed by atoms with Crippen molar-refractivity contribution >= 4 is 23.2 Å². The molecule has 8 heteroatoms. The Morgan fingerprint density at radius 3 is 2.87 bits per heavy atom.